The maximum atomic E-state index is 12.4. The summed E-state index contributed by atoms with van der Waals surface area (Å²) in [5, 5.41) is 13.4. The highest BCUT2D eigenvalue weighted by Gasteiger charge is 2.32. The van der Waals surface area contributed by atoms with Gasteiger partial charge in [0.15, 0.2) is 0 Å². The second-order valence-electron chi connectivity index (χ2n) is 5.19. The highest BCUT2D eigenvalue weighted by atomic mass is 32.2. The van der Waals surface area contributed by atoms with E-state index in [4.69, 9.17) is 0 Å². The monoisotopic (exact) mass is 302 g/mol. The second-order valence-corrected chi connectivity index (χ2v) is 6.85. The van der Waals surface area contributed by atoms with Gasteiger partial charge in [0.25, 0.3) is 10.2 Å². The fraction of sp³-hybridized carbons (Fsp3) is 0.750. The molecular formula is C12H22N4O3S. The number of rotatable bonds is 6. The molecule has 1 aliphatic rings. The average Bonchev–Trinajstić information content (AvgIpc) is 2.90. The molecule has 0 bridgehead atoms. The van der Waals surface area contributed by atoms with E-state index < -0.39 is 10.2 Å². The van der Waals surface area contributed by atoms with E-state index in [1.165, 1.54) is 4.31 Å². The van der Waals surface area contributed by atoms with Crippen molar-refractivity contribution in [1.29, 1.82) is 0 Å². The SMILES string of the molecule is CC(Cn1cccn1)NS(=O)(=O)N1CCCCC1CO. The molecule has 0 saturated carbocycles. The van der Waals surface area contributed by atoms with Crippen LogP contribution in [0.1, 0.15) is 26.2 Å². The fourth-order valence-corrected chi connectivity index (χ4v) is 4.17. The lowest BCUT2D eigenvalue weighted by molar-refractivity contribution is 0.153. The maximum absolute atomic E-state index is 12.4. The smallest absolute Gasteiger partial charge is 0.280 e. The molecule has 114 valence electrons. The summed E-state index contributed by atoms with van der Waals surface area (Å²) in [5.74, 6) is 0. The third-order valence-corrected chi connectivity index (χ3v) is 5.26. The molecule has 2 heterocycles. The van der Waals surface area contributed by atoms with Crippen molar-refractivity contribution in [3.8, 4) is 0 Å². The Morgan fingerprint density at radius 2 is 2.30 bits per heavy atom. The summed E-state index contributed by atoms with van der Waals surface area (Å²) in [4.78, 5) is 0. The molecule has 0 amide bonds. The van der Waals surface area contributed by atoms with Crippen LogP contribution in [0.25, 0.3) is 0 Å². The van der Waals surface area contributed by atoms with E-state index in [-0.39, 0.29) is 18.7 Å². The summed E-state index contributed by atoms with van der Waals surface area (Å²) in [6.07, 6.45) is 5.96. The van der Waals surface area contributed by atoms with Gasteiger partial charge in [0.05, 0.1) is 13.2 Å². The van der Waals surface area contributed by atoms with E-state index in [1.807, 2.05) is 0 Å². The number of aromatic nitrogens is 2. The minimum absolute atomic E-state index is 0.131. The van der Waals surface area contributed by atoms with Crippen LogP contribution < -0.4 is 4.72 Å². The molecule has 7 nitrogen and oxygen atoms in total. The second kappa shape index (κ2) is 6.66. The van der Waals surface area contributed by atoms with Gasteiger partial charge in [-0.3, -0.25) is 4.68 Å². The summed E-state index contributed by atoms with van der Waals surface area (Å²) in [6, 6.07) is 1.23. The van der Waals surface area contributed by atoms with Gasteiger partial charge in [-0.15, -0.1) is 0 Å². The molecule has 20 heavy (non-hydrogen) atoms. The Hall–Kier alpha value is -0.960. The van der Waals surface area contributed by atoms with Gasteiger partial charge in [-0.1, -0.05) is 6.42 Å². The Morgan fingerprint density at radius 1 is 1.50 bits per heavy atom. The van der Waals surface area contributed by atoms with Crippen molar-refractivity contribution in [2.75, 3.05) is 13.2 Å². The highest BCUT2D eigenvalue weighted by Crippen LogP contribution is 2.19. The quantitative estimate of drug-likeness (QED) is 0.771. The topological polar surface area (TPSA) is 87.5 Å². The van der Waals surface area contributed by atoms with Crippen LogP contribution >= 0.6 is 0 Å². The maximum Gasteiger partial charge on any atom is 0.280 e. The predicted molar refractivity (Wildman–Crippen MR) is 75.2 cm³/mol. The van der Waals surface area contributed by atoms with E-state index in [1.54, 1.807) is 30.1 Å². The largest absolute Gasteiger partial charge is 0.395 e. The van der Waals surface area contributed by atoms with Gasteiger partial charge in [0.1, 0.15) is 0 Å². The Labute approximate surface area is 119 Å². The van der Waals surface area contributed by atoms with E-state index in [9.17, 15) is 13.5 Å². The minimum Gasteiger partial charge on any atom is -0.395 e. The Morgan fingerprint density at radius 3 is 2.95 bits per heavy atom. The first-order valence-electron chi connectivity index (χ1n) is 6.90. The molecule has 0 aromatic carbocycles. The first-order valence-corrected chi connectivity index (χ1v) is 8.34. The zero-order valence-electron chi connectivity index (χ0n) is 11.6. The molecule has 8 heteroatoms. The molecule has 0 aliphatic carbocycles. The lowest BCUT2D eigenvalue weighted by Crippen LogP contribution is -2.52. The van der Waals surface area contributed by atoms with Crippen LogP contribution in [0, 0.1) is 0 Å². The molecule has 1 saturated heterocycles. The van der Waals surface area contributed by atoms with Crippen molar-refractivity contribution in [1.82, 2.24) is 18.8 Å². The first-order chi connectivity index (χ1) is 9.53. The van der Waals surface area contributed by atoms with Crippen LogP contribution in [0.4, 0.5) is 0 Å². The number of aliphatic hydroxyl groups is 1. The number of hydrogen-bond acceptors (Lipinski definition) is 4. The lowest BCUT2D eigenvalue weighted by atomic mass is 10.1. The molecule has 0 radical (unpaired) electrons. The molecule has 2 atom stereocenters. The number of piperidine rings is 1. The Balaban J connectivity index is 1.98. The normalized spacial score (nSPS) is 22.8. The number of nitrogens with zero attached hydrogens (tertiary/aromatic N) is 3. The van der Waals surface area contributed by atoms with Gasteiger partial charge in [-0.25, -0.2) is 0 Å². The van der Waals surface area contributed by atoms with Crippen LogP contribution in [0.15, 0.2) is 18.5 Å². The molecule has 1 aromatic rings. The van der Waals surface area contributed by atoms with Crippen molar-refractivity contribution in [3.05, 3.63) is 18.5 Å². The summed E-state index contributed by atoms with van der Waals surface area (Å²) in [7, 11) is -3.56. The third-order valence-electron chi connectivity index (χ3n) is 3.46. The summed E-state index contributed by atoms with van der Waals surface area (Å²) in [5.41, 5.74) is 0. The molecule has 0 spiro atoms. The van der Waals surface area contributed by atoms with Gasteiger partial charge in [-0.05, 0) is 25.8 Å². The Bertz CT molecular complexity index is 503. The van der Waals surface area contributed by atoms with Crippen molar-refractivity contribution >= 4 is 10.2 Å². The third kappa shape index (κ3) is 3.78. The van der Waals surface area contributed by atoms with Crippen molar-refractivity contribution < 1.29 is 13.5 Å². The highest BCUT2D eigenvalue weighted by molar-refractivity contribution is 7.87. The first kappa shape index (κ1) is 15.4. The summed E-state index contributed by atoms with van der Waals surface area (Å²) >= 11 is 0. The van der Waals surface area contributed by atoms with Crippen molar-refractivity contribution in [3.63, 3.8) is 0 Å². The van der Waals surface area contributed by atoms with E-state index >= 15 is 0 Å². The minimum atomic E-state index is -3.56. The number of hydrogen-bond donors (Lipinski definition) is 2. The lowest BCUT2D eigenvalue weighted by Gasteiger charge is -2.34. The van der Waals surface area contributed by atoms with Crippen LogP contribution in [-0.2, 0) is 16.8 Å². The van der Waals surface area contributed by atoms with Crippen LogP contribution in [0.3, 0.4) is 0 Å². The van der Waals surface area contributed by atoms with Crippen LogP contribution in [0.2, 0.25) is 0 Å². The Kier molecular flexibility index (Phi) is 5.14. The molecule has 2 rings (SSSR count). The predicted octanol–water partition coefficient (Wildman–Crippen LogP) is -0.0472. The van der Waals surface area contributed by atoms with E-state index in [0.717, 1.165) is 12.8 Å². The summed E-state index contributed by atoms with van der Waals surface area (Å²) < 4.78 is 30.5. The molecule has 2 N–H and O–H groups in total. The zero-order valence-corrected chi connectivity index (χ0v) is 12.5. The van der Waals surface area contributed by atoms with Crippen LogP contribution in [0.5, 0.6) is 0 Å². The van der Waals surface area contributed by atoms with Gasteiger partial charge in [0.2, 0.25) is 0 Å². The van der Waals surface area contributed by atoms with Gasteiger partial charge in [-0.2, -0.15) is 22.5 Å². The van der Waals surface area contributed by atoms with Crippen LogP contribution in [-0.4, -0.2) is 52.8 Å². The van der Waals surface area contributed by atoms with Crippen molar-refractivity contribution in [2.45, 2.75) is 44.8 Å². The summed E-state index contributed by atoms with van der Waals surface area (Å²) in [6.45, 7) is 2.62. The zero-order chi connectivity index (χ0) is 14.6. The van der Waals surface area contributed by atoms with Crippen molar-refractivity contribution in [2.24, 2.45) is 0 Å². The molecule has 1 aromatic heterocycles. The van der Waals surface area contributed by atoms with Gasteiger partial charge in [0, 0.05) is 31.0 Å². The standard InChI is InChI=1S/C12H22N4O3S/c1-11(9-15-7-4-6-13-15)14-20(18,19)16-8-3-2-5-12(16)10-17/h4,6-7,11-12,14,17H,2-3,5,8-10H2,1H3. The van der Waals surface area contributed by atoms with Gasteiger partial charge < -0.3 is 5.11 Å². The van der Waals surface area contributed by atoms with Gasteiger partial charge >= 0.3 is 0 Å². The molecule has 2 unspecified atom stereocenters. The van der Waals surface area contributed by atoms with E-state index in [2.05, 4.69) is 9.82 Å². The van der Waals surface area contributed by atoms with E-state index in [0.29, 0.717) is 19.5 Å². The molecule has 1 fully saturated rings. The number of nitrogens with one attached hydrogen (secondary N) is 1. The molecule has 1 aliphatic heterocycles. The average molecular weight is 302 g/mol. The molecular weight excluding hydrogens is 280 g/mol. The number of aliphatic hydroxyl groups excluding tert-OH is 1. The fourth-order valence-electron chi connectivity index (χ4n) is 2.52.